The van der Waals surface area contributed by atoms with Crippen LogP contribution in [0.4, 0.5) is 5.69 Å². The minimum Gasteiger partial charge on any atom is -0.497 e. The quantitative estimate of drug-likeness (QED) is 0.572. The van der Waals surface area contributed by atoms with Crippen LogP contribution in [0.1, 0.15) is 29.8 Å². The molecule has 3 aromatic rings. The number of hydrogen-bond acceptors (Lipinski definition) is 4. The number of para-hydroxylation sites is 2. The van der Waals surface area contributed by atoms with Crippen LogP contribution in [0, 0.1) is 0 Å². The maximum atomic E-state index is 13.1. The van der Waals surface area contributed by atoms with Gasteiger partial charge in [-0.25, -0.2) is 0 Å². The van der Waals surface area contributed by atoms with Crippen LogP contribution in [-0.4, -0.2) is 25.7 Å². The van der Waals surface area contributed by atoms with E-state index in [2.05, 4.69) is 5.32 Å². The van der Waals surface area contributed by atoms with Gasteiger partial charge in [-0.1, -0.05) is 30.3 Å². The Labute approximate surface area is 182 Å². The van der Waals surface area contributed by atoms with Crippen molar-refractivity contribution >= 4 is 17.7 Å². The molecule has 31 heavy (non-hydrogen) atoms. The van der Waals surface area contributed by atoms with Gasteiger partial charge in [0, 0.05) is 16.7 Å². The maximum Gasteiger partial charge on any atom is 0.255 e. The SMILES string of the molecule is COc1cccc(-c2cc(C(=O)Nc3ccccc3OC)cc3c2OC(C)(C)C=C3)c1. The molecule has 0 bridgehead atoms. The summed E-state index contributed by atoms with van der Waals surface area (Å²) in [5.74, 6) is 1.86. The van der Waals surface area contributed by atoms with Crippen molar-refractivity contribution in [2.45, 2.75) is 19.4 Å². The van der Waals surface area contributed by atoms with Crippen molar-refractivity contribution in [2.75, 3.05) is 19.5 Å². The minimum atomic E-state index is -0.443. The number of carbonyl (C=O) groups is 1. The number of carbonyl (C=O) groups excluding carboxylic acids is 1. The Morgan fingerprint density at radius 1 is 0.968 bits per heavy atom. The van der Waals surface area contributed by atoms with Crippen LogP contribution in [0.15, 0.2) is 66.7 Å². The Balaban J connectivity index is 1.80. The summed E-state index contributed by atoms with van der Waals surface area (Å²) in [6.07, 6.45) is 4.00. The average molecular weight is 415 g/mol. The first-order valence-corrected chi connectivity index (χ1v) is 10.1. The molecule has 1 amide bonds. The third-order valence-corrected chi connectivity index (χ3v) is 5.15. The van der Waals surface area contributed by atoms with Gasteiger partial charge in [-0.3, -0.25) is 4.79 Å². The van der Waals surface area contributed by atoms with Gasteiger partial charge in [-0.2, -0.15) is 0 Å². The van der Waals surface area contributed by atoms with Gasteiger partial charge in [0.1, 0.15) is 22.8 Å². The molecule has 0 unspecified atom stereocenters. The predicted molar refractivity (Wildman–Crippen MR) is 123 cm³/mol. The second kappa shape index (κ2) is 8.19. The summed E-state index contributed by atoms with van der Waals surface area (Å²) in [7, 11) is 3.21. The second-order valence-corrected chi connectivity index (χ2v) is 7.87. The lowest BCUT2D eigenvalue weighted by atomic mass is 9.93. The van der Waals surface area contributed by atoms with Crippen LogP contribution in [0.3, 0.4) is 0 Å². The van der Waals surface area contributed by atoms with E-state index in [1.54, 1.807) is 14.2 Å². The minimum absolute atomic E-state index is 0.227. The number of rotatable bonds is 5. The highest BCUT2D eigenvalue weighted by Crippen LogP contribution is 2.41. The van der Waals surface area contributed by atoms with Crippen LogP contribution in [0.2, 0.25) is 0 Å². The normalized spacial score (nSPS) is 13.7. The van der Waals surface area contributed by atoms with E-state index in [1.165, 1.54) is 0 Å². The van der Waals surface area contributed by atoms with E-state index < -0.39 is 5.60 Å². The largest absolute Gasteiger partial charge is 0.497 e. The van der Waals surface area contributed by atoms with Gasteiger partial charge in [-0.05, 0) is 61.9 Å². The van der Waals surface area contributed by atoms with Gasteiger partial charge in [0.15, 0.2) is 0 Å². The van der Waals surface area contributed by atoms with Gasteiger partial charge < -0.3 is 19.5 Å². The first-order chi connectivity index (χ1) is 14.9. The smallest absolute Gasteiger partial charge is 0.255 e. The lowest BCUT2D eigenvalue weighted by Crippen LogP contribution is -2.28. The second-order valence-electron chi connectivity index (χ2n) is 7.87. The van der Waals surface area contributed by atoms with Crippen LogP contribution >= 0.6 is 0 Å². The molecular formula is C26H25NO4. The Kier molecular flexibility index (Phi) is 5.42. The Morgan fingerprint density at radius 2 is 1.77 bits per heavy atom. The van der Waals surface area contributed by atoms with Crippen molar-refractivity contribution in [1.82, 2.24) is 0 Å². The zero-order valence-electron chi connectivity index (χ0n) is 18.1. The Bertz CT molecular complexity index is 1160. The number of amides is 1. The topological polar surface area (TPSA) is 56.8 Å². The zero-order chi connectivity index (χ0) is 22.0. The standard InChI is InChI=1S/C26H25NO4/c1-26(2)13-12-18-14-19(25(28)27-22-10-5-6-11-23(22)30-4)16-21(24(18)31-26)17-8-7-9-20(15-17)29-3/h5-16H,1-4H3,(H,27,28). The van der Waals surface area contributed by atoms with Crippen LogP contribution < -0.4 is 19.5 Å². The molecule has 1 N–H and O–H groups in total. The van der Waals surface area contributed by atoms with Gasteiger partial charge in [0.2, 0.25) is 0 Å². The number of nitrogens with one attached hydrogen (secondary N) is 1. The summed E-state index contributed by atoms with van der Waals surface area (Å²) in [6, 6.07) is 18.8. The lowest BCUT2D eigenvalue weighted by Gasteiger charge is -2.30. The molecule has 4 rings (SSSR count). The highest BCUT2D eigenvalue weighted by atomic mass is 16.5. The monoisotopic (exact) mass is 415 g/mol. The number of benzene rings is 3. The van der Waals surface area contributed by atoms with Crippen LogP contribution in [0.25, 0.3) is 17.2 Å². The first-order valence-electron chi connectivity index (χ1n) is 10.1. The third kappa shape index (κ3) is 4.26. The maximum absolute atomic E-state index is 13.1. The van der Waals surface area contributed by atoms with E-state index in [1.807, 2.05) is 86.7 Å². The highest BCUT2D eigenvalue weighted by Gasteiger charge is 2.26. The molecule has 0 atom stereocenters. The Hall–Kier alpha value is -3.73. The van der Waals surface area contributed by atoms with Gasteiger partial charge in [0.25, 0.3) is 5.91 Å². The summed E-state index contributed by atoms with van der Waals surface area (Å²) in [4.78, 5) is 13.1. The van der Waals surface area contributed by atoms with E-state index in [9.17, 15) is 4.79 Å². The summed E-state index contributed by atoms with van der Waals surface area (Å²) < 4.78 is 17.0. The fraction of sp³-hybridized carbons (Fsp3) is 0.192. The summed E-state index contributed by atoms with van der Waals surface area (Å²) in [6.45, 7) is 4.01. The molecule has 0 spiro atoms. The average Bonchev–Trinajstić information content (AvgIpc) is 2.78. The zero-order valence-corrected chi connectivity index (χ0v) is 18.1. The van der Waals surface area contributed by atoms with Crippen molar-refractivity contribution in [2.24, 2.45) is 0 Å². The number of fused-ring (bicyclic) bond motifs is 1. The molecule has 0 saturated heterocycles. The molecule has 158 valence electrons. The molecule has 0 fully saturated rings. The molecule has 1 heterocycles. The molecular weight excluding hydrogens is 390 g/mol. The van der Waals surface area contributed by atoms with Crippen molar-refractivity contribution < 1.29 is 19.0 Å². The molecule has 5 nitrogen and oxygen atoms in total. The molecule has 0 radical (unpaired) electrons. The molecule has 3 aromatic carbocycles. The van der Waals surface area contributed by atoms with Crippen molar-refractivity contribution in [1.29, 1.82) is 0 Å². The number of hydrogen-bond donors (Lipinski definition) is 1. The highest BCUT2D eigenvalue weighted by molar-refractivity contribution is 6.06. The van der Waals surface area contributed by atoms with E-state index in [0.717, 1.165) is 28.2 Å². The third-order valence-electron chi connectivity index (χ3n) is 5.15. The summed E-state index contributed by atoms with van der Waals surface area (Å²) >= 11 is 0. The van der Waals surface area contributed by atoms with Crippen molar-refractivity contribution in [3.8, 4) is 28.4 Å². The van der Waals surface area contributed by atoms with Gasteiger partial charge in [-0.15, -0.1) is 0 Å². The van der Waals surface area contributed by atoms with E-state index in [4.69, 9.17) is 14.2 Å². The molecule has 0 aliphatic carbocycles. The summed E-state index contributed by atoms with van der Waals surface area (Å²) in [5, 5.41) is 2.95. The van der Waals surface area contributed by atoms with E-state index in [-0.39, 0.29) is 5.91 Å². The van der Waals surface area contributed by atoms with Crippen LogP contribution in [-0.2, 0) is 0 Å². The number of ether oxygens (including phenoxy) is 3. The predicted octanol–water partition coefficient (Wildman–Crippen LogP) is 5.81. The lowest BCUT2D eigenvalue weighted by molar-refractivity contribution is 0.102. The number of anilines is 1. The van der Waals surface area contributed by atoms with Gasteiger partial charge in [0.05, 0.1) is 19.9 Å². The summed E-state index contributed by atoms with van der Waals surface area (Å²) in [5.41, 5.74) is 3.29. The molecule has 0 saturated carbocycles. The van der Waals surface area contributed by atoms with Crippen molar-refractivity contribution in [3.05, 3.63) is 77.9 Å². The number of methoxy groups -OCH3 is 2. The molecule has 0 aromatic heterocycles. The molecule has 5 heteroatoms. The van der Waals surface area contributed by atoms with E-state index in [0.29, 0.717) is 17.0 Å². The fourth-order valence-electron chi connectivity index (χ4n) is 3.56. The first kappa shape index (κ1) is 20.5. The van der Waals surface area contributed by atoms with Crippen molar-refractivity contribution in [3.63, 3.8) is 0 Å². The fourth-order valence-corrected chi connectivity index (χ4v) is 3.56. The van der Waals surface area contributed by atoms with E-state index >= 15 is 0 Å². The molecule has 1 aliphatic rings. The van der Waals surface area contributed by atoms with Crippen LogP contribution in [0.5, 0.6) is 17.2 Å². The molecule has 1 aliphatic heterocycles. The van der Waals surface area contributed by atoms with Gasteiger partial charge >= 0.3 is 0 Å². The Morgan fingerprint density at radius 3 is 2.55 bits per heavy atom.